The summed E-state index contributed by atoms with van der Waals surface area (Å²) < 4.78 is 0.891. The first-order chi connectivity index (χ1) is 8.99. The first-order valence-corrected chi connectivity index (χ1v) is 7.05. The number of amides is 1. The topological polar surface area (TPSA) is 29.1 Å². The van der Waals surface area contributed by atoms with Crippen molar-refractivity contribution < 1.29 is 4.79 Å². The van der Waals surface area contributed by atoms with Gasteiger partial charge in [-0.15, -0.1) is 0 Å². The molecule has 2 aromatic rings. The van der Waals surface area contributed by atoms with Crippen LogP contribution < -0.4 is 5.32 Å². The summed E-state index contributed by atoms with van der Waals surface area (Å²) in [5.74, 6) is -0.206. The van der Waals surface area contributed by atoms with E-state index in [0.29, 0.717) is 21.3 Å². The Kier molecular flexibility index (Phi) is 4.50. The van der Waals surface area contributed by atoms with Crippen molar-refractivity contribution >= 4 is 50.7 Å². The van der Waals surface area contributed by atoms with Gasteiger partial charge >= 0.3 is 0 Å². The lowest BCUT2D eigenvalue weighted by atomic mass is 10.1. The molecule has 0 aromatic heterocycles. The highest BCUT2D eigenvalue weighted by Crippen LogP contribution is 2.27. The van der Waals surface area contributed by atoms with E-state index < -0.39 is 0 Å². The average Bonchev–Trinajstić information content (AvgIpc) is 2.36. The van der Waals surface area contributed by atoms with Crippen LogP contribution in [0.15, 0.2) is 40.9 Å². The molecule has 5 heteroatoms. The number of nitrogens with one attached hydrogen (secondary N) is 1. The number of hydrogen-bond donors (Lipinski definition) is 1. The fourth-order valence-electron chi connectivity index (χ4n) is 1.63. The van der Waals surface area contributed by atoms with Gasteiger partial charge in [-0.25, -0.2) is 0 Å². The minimum absolute atomic E-state index is 0.206. The Labute approximate surface area is 129 Å². The molecule has 0 aliphatic heterocycles. The molecule has 0 bridgehead atoms. The van der Waals surface area contributed by atoms with Gasteiger partial charge < -0.3 is 5.32 Å². The van der Waals surface area contributed by atoms with Crippen LogP contribution in [-0.4, -0.2) is 5.91 Å². The van der Waals surface area contributed by atoms with Gasteiger partial charge in [-0.2, -0.15) is 0 Å². The molecule has 2 nitrogen and oxygen atoms in total. The van der Waals surface area contributed by atoms with Crippen LogP contribution in [0.2, 0.25) is 10.0 Å². The zero-order chi connectivity index (χ0) is 14.0. The summed E-state index contributed by atoms with van der Waals surface area (Å²) in [4.78, 5) is 12.2. The predicted octanol–water partition coefficient (Wildman–Crippen LogP) is 5.32. The van der Waals surface area contributed by atoms with E-state index in [1.54, 1.807) is 24.3 Å². The normalized spacial score (nSPS) is 10.3. The molecular formula is C14H10BrCl2NO. The maximum Gasteiger partial charge on any atom is 0.256 e. The molecule has 2 aromatic carbocycles. The van der Waals surface area contributed by atoms with E-state index in [1.165, 1.54) is 0 Å². The maximum atomic E-state index is 12.2. The molecule has 19 heavy (non-hydrogen) atoms. The highest BCUT2D eigenvalue weighted by atomic mass is 79.9. The number of halogens is 3. The standard InChI is InChI=1S/C14H10BrCl2NO/c1-8-10(3-2-4-11(8)15)14(19)18-13-6-5-9(16)7-12(13)17/h2-7H,1H3,(H,18,19). The summed E-state index contributed by atoms with van der Waals surface area (Å²) in [5, 5.41) is 3.71. The molecule has 98 valence electrons. The summed E-state index contributed by atoms with van der Waals surface area (Å²) in [6, 6.07) is 10.4. The molecular weight excluding hydrogens is 349 g/mol. The number of rotatable bonds is 2. The lowest BCUT2D eigenvalue weighted by Gasteiger charge is -2.10. The second-order valence-corrected chi connectivity index (χ2v) is 5.69. The Hall–Kier alpha value is -1.03. The summed E-state index contributed by atoms with van der Waals surface area (Å²) in [5.41, 5.74) is 2.01. The number of hydrogen-bond acceptors (Lipinski definition) is 1. The lowest BCUT2D eigenvalue weighted by molar-refractivity contribution is 0.102. The SMILES string of the molecule is Cc1c(Br)cccc1C(=O)Nc1ccc(Cl)cc1Cl. The molecule has 1 N–H and O–H groups in total. The second kappa shape index (κ2) is 5.95. The Morgan fingerprint density at radius 1 is 1.21 bits per heavy atom. The number of anilines is 1. The van der Waals surface area contributed by atoms with Crippen molar-refractivity contribution in [1.29, 1.82) is 0 Å². The Balaban J connectivity index is 2.28. The molecule has 0 spiro atoms. The highest BCUT2D eigenvalue weighted by molar-refractivity contribution is 9.10. The largest absolute Gasteiger partial charge is 0.321 e. The minimum Gasteiger partial charge on any atom is -0.321 e. The summed E-state index contributed by atoms with van der Waals surface area (Å²) in [6.07, 6.45) is 0. The van der Waals surface area contributed by atoms with Crippen molar-refractivity contribution in [2.45, 2.75) is 6.92 Å². The van der Waals surface area contributed by atoms with E-state index >= 15 is 0 Å². The zero-order valence-electron chi connectivity index (χ0n) is 10.0. The first-order valence-electron chi connectivity index (χ1n) is 5.50. The van der Waals surface area contributed by atoms with Gasteiger partial charge in [0.1, 0.15) is 0 Å². The number of carbonyl (C=O) groups is 1. The first kappa shape index (κ1) is 14.4. The molecule has 0 aliphatic rings. The molecule has 1 amide bonds. The van der Waals surface area contributed by atoms with Crippen molar-refractivity contribution in [2.75, 3.05) is 5.32 Å². The van der Waals surface area contributed by atoms with E-state index in [9.17, 15) is 4.79 Å². The zero-order valence-corrected chi connectivity index (χ0v) is 13.1. The van der Waals surface area contributed by atoms with Gasteiger partial charge in [0.05, 0.1) is 10.7 Å². The van der Waals surface area contributed by atoms with Crippen molar-refractivity contribution in [2.24, 2.45) is 0 Å². The van der Waals surface area contributed by atoms with E-state index in [4.69, 9.17) is 23.2 Å². The van der Waals surface area contributed by atoms with Crippen LogP contribution in [0.1, 0.15) is 15.9 Å². The minimum atomic E-state index is -0.206. The Bertz CT molecular complexity index is 643. The molecule has 0 saturated carbocycles. The third kappa shape index (κ3) is 3.30. The highest BCUT2D eigenvalue weighted by Gasteiger charge is 2.12. The average molecular weight is 359 g/mol. The molecule has 0 unspecified atom stereocenters. The van der Waals surface area contributed by atoms with Crippen LogP contribution in [0.25, 0.3) is 0 Å². The lowest BCUT2D eigenvalue weighted by Crippen LogP contribution is -2.13. The van der Waals surface area contributed by atoms with E-state index in [1.807, 2.05) is 19.1 Å². The maximum absolute atomic E-state index is 12.2. The monoisotopic (exact) mass is 357 g/mol. The molecule has 0 radical (unpaired) electrons. The van der Waals surface area contributed by atoms with Gasteiger partial charge in [0, 0.05) is 15.1 Å². The molecule has 0 heterocycles. The number of carbonyl (C=O) groups excluding carboxylic acids is 1. The van der Waals surface area contributed by atoms with Crippen molar-refractivity contribution in [1.82, 2.24) is 0 Å². The molecule has 2 rings (SSSR count). The van der Waals surface area contributed by atoms with E-state index in [2.05, 4.69) is 21.2 Å². The fourth-order valence-corrected chi connectivity index (χ4v) is 2.46. The van der Waals surface area contributed by atoms with Crippen LogP contribution in [0.4, 0.5) is 5.69 Å². The van der Waals surface area contributed by atoms with Crippen LogP contribution in [0.3, 0.4) is 0 Å². The van der Waals surface area contributed by atoms with Crippen molar-refractivity contribution in [3.05, 3.63) is 62.0 Å². The van der Waals surface area contributed by atoms with Crippen molar-refractivity contribution in [3.8, 4) is 0 Å². The van der Waals surface area contributed by atoms with Gasteiger partial charge in [-0.1, -0.05) is 45.2 Å². The Morgan fingerprint density at radius 2 is 1.95 bits per heavy atom. The van der Waals surface area contributed by atoms with Gasteiger partial charge in [0.25, 0.3) is 5.91 Å². The smallest absolute Gasteiger partial charge is 0.256 e. The van der Waals surface area contributed by atoms with Crippen LogP contribution >= 0.6 is 39.1 Å². The van der Waals surface area contributed by atoms with Gasteiger partial charge in [0.15, 0.2) is 0 Å². The van der Waals surface area contributed by atoms with E-state index in [0.717, 1.165) is 10.0 Å². The van der Waals surface area contributed by atoms with Crippen LogP contribution in [0, 0.1) is 6.92 Å². The quantitative estimate of drug-likeness (QED) is 0.773. The summed E-state index contributed by atoms with van der Waals surface area (Å²) in [6.45, 7) is 1.88. The summed E-state index contributed by atoms with van der Waals surface area (Å²) in [7, 11) is 0. The van der Waals surface area contributed by atoms with Gasteiger partial charge in [-0.3, -0.25) is 4.79 Å². The van der Waals surface area contributed by atoms with Gasteiger partial charge in [-0.05, 0) is 42.8 Å². The van der Waals surface area contributed by atoms with Gasteiger partial charge in [0.2, 0.25) is 0 Å². The van der Waals surface area contributed by atoms with Crippen LogP contribution in [0.5, 0.6) is 0 Å². The Morgan fingerprint density at radius 3 is 2.63 bits per heavy atom. The fraction of sp³-hybridized carbons (Fsp3) is 0.0714. The molecule has 0 saturated heterocycles. The van der Waals surface area contributed by atoms with Crippen molar-refractivity contribution in [3.63, 3.8) is 0 Å². The summed E-state index contributed by atoms with van der Waals surface area (Å²) >= 11 is 15.2. The predicted molar refractivity (Wildman–Crippen MR) is 83.3 cm³/mol. The molecule has 0 fully saturated rings. The van der Waals surface area contributed by atoms with E-state index in [-0.39, 0.29) is 5.91 Å². The number of benzene rings is 2. The third-order valence-corrected chi connectivity index (χ3v) is 4.10. The third-order valence-electron chi connectivity index (χ3n) is 2.69. The molecule has 0 atom stereocenters. The molecule has 0 aliphatic carbocycles. The second-order valence-electron chi connectivity index (χ2n) is 3.99. The van der Waals surface area contributed by atoms with Crippen LogP contribution in [-0.2, 0) is 0 Å².